The number of hydrogen-bond donors (Lipinski definition) is 1. The molecule has 2 amide bonds. The van der Waals surface area contributed by atoms with Crippen molar-refractivity contribution in [2.45, 2.75) is 58.9 Å². The number of likely N-dealkylation sites (tertiary alicyclic amines) is 2. The van der Waals surface area contributed by atoms with E-state index in [0.29, 0.717) is 6.54 Å². The Bertz CT molecular complexity index is 677. The molecule has 0 aliphatic carbocycles. The first-order valence-electron chi connectivity index (χ1n) is 10.9. The van der Waals surface area contributed by atoms with Gasteiger partial charge in [0, 0.05) is 31.2 Å². The van der Waals surface area contributed by atoms with Gasteiger partial charge in [-0.05, 0) is 71.2 Å². The molecule has 2 saturated heterocycles. The van der Waals surface area contributed by atoms with E-state index in [0.717, 1.165) is 62.1 Å². The van der Waals surface area contributed by atoms with E-state index >= 15 is 0 Å². The molecule has 154 valence electrons. The van der Waals surface area contributed by atoms with Crippen molar-refractivity contribution in [1.29, 1.82) is 0 Å². The smallest absolute Gasteiger partial charge is 0.253 e. The van der Waals surface area contributed by atoms with Crippen molar-refractivity contribution in [2.24, 2.45) is 5.92 Å². The van der Waals surface area contributed by atoms with E-state index in [1.807, 2.05) is 30.9 Å². The van der Waals surface area contributed by atoms with Gasteiger partial charge in [-0.15, -0.1) is 0 Å². The summed E-state index contributed by atoms with van der Waals surface area (Å²) in [6, 6.07) is 6.18. The van der Waals surface area contributed by atoms with E-state index in [-0.39, 0.29) is 23.8 Å². The highest BCUT2D eigenvalue weighted by Gasteiger charge is 2.30. The number of nitrogens with zero attached hydrogens (tertiary/aromatic N) is 2. The molecule has 0 aromatic heterocycles. The summed E-state index contributed by atoms with van der Waals surface area (Å²) in [5, 5.41) is 3.26. The number of amides is 2. The predicted molar refractivity (Wildman–Crippen MR) is 112 cm³/mol. The van der Waals surface area contributed by atoms with Crippen LogP contribution in [0.2, 0.25) is 0 Å². The highest BCUT2D eigenvalue weighted by molar-refractivity contribution is 5.95. The average molecular weight is 386 g/mol. The Labute approximate surface area is 169 Å². The summed E-state index contributed by atoms with van der Waals surface area (Å²) < 4.78 is 0. The van der Waals surface area contributed by atoms with E-state index in [1.54, 1.807) is 0 Å². The highest BCUT2D eigenvalue weighted by Crippen LogP contribution is 2.20. The molecule has 2 fully saturated rings. The van der Waals surface area contributed by atoms with Crippen LogP contribution in [0.3, 0.4) is 0 Å². The van der Waals surface area contributed by atoms with E-state index in [2.05, 4.69) is 23.2 Å². The molecular formula is C23H35N3O2. The second-order valence-corrected chi connectivity index (χ2v) is 8.59. The van der Waals surface area contributed by atoms with Crippen LogP contribution in [0, 0.1) is 19.8 Å². The summed E-state index contributed by atoms with van der Waals surface area (Å²) in [6.45, 7) is 10.7. The van der Waals surface area contributed by atoms with Gasteiger partial charge in [0.25, 0.3) is 5.91 Å². The minimum atomic E-state index is -0.101. The fourth-order valence-electron chi connectivity index (χ4n) is 4.53. The van der Waals surface area contributed by atoms with Crippen LogP contribution < -0.4 is 5.32 Å². The van der Waals surface area contributed by atoms with Gasteiger partial charge in [-0.2, -0.15) is 0 Å². The lowest BCUT2D eigenvalue weighted by Gasteiger charge is -2.33. The van der Waals surface area contributed by atoms with Crippen LogP contribution in [0.1, 0.15) is 60.5 Å². The zero-order valence-corrected chi connectivity index (χ0v) is 17.7. The molecule has 2 aliphatic heterocycles. The van der Waals surface area contributed by atoms with Crippen molar-refractivity contribution in [2.75, 3.05) is 32.7 Å². The SMILES string of the molecule is CC[C@H](CN1CCCC1)NC(=O)[C@H]1CCCN(C(=O)c2cc(C)cc(C)c2)C1. The number of piperidine rings is 1. The van der Waals surface area contributed by atoms with Crippen molar-refractivity contribution in [3.63, 3.8) is 0 Å². The molecule has 0 bridgehead atoms. The molecule has 1 N–H and O–H groups in total. The first-order valence-corrected chi connectivity index (χ1v) is 10.9. The second kappa shape index (κ2) is 9.55. The minimum absolute atomic E-state index is 0.0495. The molecular weight excluding hydrogens is 350 g/mol. The molecule has 2 aliphatic rings. The first kappa shape index (κ1) is 20.8. The van der Waals surface area contributed by atoms with Crippen LogP contribution in [0.15, 0.2) is 18.2 Å². The largest absolute Gasteiger partial charge is 0.352 e. The van der Waals surface area contributed by atoms with Crippen molar-refractivity contribution >= 4 is 11.8 Å². The fraction of sp³-hybridized carbons (Fsp3) is 0.652. The van der Waals surface area contributed by atoms with Crippen molar-refractivity contribution in [3.05, 3.63) is 34.9 Å². The molecule has 28 heavy (non-hydrogen) atoms. The van der Waals surface area contributed by atoms with Crippen LogP contribution >= 0.6 is 0 Å². The highest BCUT2D eigenvalue weighted by atomic mass is 16.2. The third-order valence-corrected chi connectivity index (χ3v) is 6.06. The third kappa shape index (κ3) is 5.34. The topological polar surface area (TPSA) is 52.7 Å². The molecule has 0 radical (unpaired) electrons. The first-order chi connectivity index (χ1) is 13.5. The molecule has 3 rings (SSSR count). The van der Waals surface area contributed by atoms with Gasteiger partial charge in [0.05, 0.1) is 5.92 Å². The third-order valence-electron chi connectivity index (χ3n) is 6.06. The maximum atomic E-state index is 13.0. The summed E-state index contributed by atoms with van der Waals surface area (Å²) in [5.41, 5.74) is 2.93. The van der Waals surface area contributed by atoms with E-state index < -0.39 is 0 Å². The number of carbonyl (C=O) groups excluding carboxylic acids is 2. The number of carbonyl (C=O) groups is 2. The lowest BCUT2D eigenvalue weighted by Crippen LogP contribution is -2.49. The van der Waals surface area contributed by atoms with Crippen LogP contribution in [0.25, 0.3) is 0 Å². The molecule has 5 heteroatoms. The maximum absolute atomic E-state index is 13.0. The number of aryl methyl sites for hydroxylation is 2. The summed E-state index contributed by atoms with van der Waals surface area (Å²) in [5.74, 6) is 0.0635. The predicted octanol–water partition coefficient (Wildman–Crippen LogP) is 3.15. The van der Waals surface area contributed by atoms with Crippen molar-refractivity contribution in [3.8, 4) is 0 Å². The quantitative estimate of drug-likeness (QED) is 0.818. The molecule has 2 atom stereocenters. The fourth-order valence-corrected chi connectivity index (χ4v) is 4.53. The van der Waals surface area contributed by atoms with E-state index in [4.69, 9.17) is 0 Å². The Morgan fingerprint density at radius 2 is 1.75 bits per heavy atom. The lowest BCUT2D eigenvalue weighted by atomic mass is 9.95. The number of nitrogens with one attached hydrogen (secondary N) is 1. The molecule has 2 heterocycles. The van der Waals surface area contributed by atoms with Gasteiger partial charge in [-0.3, -0.25) is 9.59 Å². The standard InChI is InChI=1S/C23H35N3O2/c1-4-21(16-25-9-5-6-10-25)24-22(27)19-8-7-11-26(15-19)23(28)20-13-17(2)12-18(3)14-20/h12-14,19,21H,4-11,15-16H2,1-3H3,(H,24,27)/t19-,21+/m0/s1. The molecule has 1 aromatic carbocycles. The van der Waals surface area contributed by atoms with Gasteiger partial charge in [0.1, 0.15) is 0 Å². The zero-order valence-electron chi connectivity index (χ0n) is 17.7. The number of rotatable bonds is 6. The summed E-state index contributed by atoms with van der Waals surface area (Å²) in [6.07, 6.45) is 5.23. The van der Waals surface area contributed by atoms with Gasteiger partial charge in [-0.1, -0.05) is 24.1 Å². The Kier molecular flexibility index (Phi) is 7.11. The summed E-state index contributed by atoms with van der Waals surface area (Å²) in [4.78, 5) is 30.2. The van der Waals surface area contributed by atoms with Gasteiger partial charge >= 0.3 is 0 Å². The molecule has 1 aromatic rings. The average Bonchev–Trinajstić information content (AvgIpc) is 3.19. The van der Waals surface area contributed by atoms with Crippen LogP contribution in [-0.4, -0.2) is 60.4 Å². The molecule has 5 nitrogen and oxygen atoms in total. The Balaban J connectivity index is 1.58. The van der Waals surface area contributed by atoms with Crippen LogP contribution in [-0.2, 0) is 4.79 Å². The normalized spacial score (nSPS) is 21.5. The Morgan fingerprint density at radius 3 is 2.39 bits per heavy atom. The van der Waals surface area contributed by atoms with Gasteiger partial charge < -0.3 is 15.1 Å². The second-order valence-electron chi connectivity index (χ2n) is 8.59. The van der Waals surface area contributed by atoms with Gasteiger partial charge in [0.2, 0.25) is 5.91 Å². The van der Waals surface area contributed by atoms with Gasteiger partial charge in [-0.25, -0.2) is 0 Å². The van der Waals surface area contributed by atoms with E-state index in [9.17, 15) is 9.59 Å². The van der Waals surface area contributed by atoms with Crippen LogP contribution in [0.4, 0.5) is 0 Å². The Hall–Kier alpha value is -1.88. The van der Waals surface area contributed by atoms with Crippen molar-refractivity contribution < 1.29 is 9.59 Å². The minimum Gasteiger partial charge on any atom is -0.352 e. The lowest BCUT2D eigenvalue weighted by molar-refractivity contribution is -0.127. The molecule has 0 spiro atoms. The molecule has 0 saturated carbocycles. The number of benzene rings is 1. The monoisotopic (exact) mass is 385 g/mol. The Morgan fingerprint density at radius 1 is 1.07 bits per heavy atom. The summed E-state index contributed by atoms with van der Waals surface area (Å²) >= 11 is 0. The maximum Gasteiger partial charge on any atom is 0.253 e. The van der Waals surface area contributed by atoms with Crippen LogP contribution in [0.5, 0.6) is 0 Å². The van der Waals surface area contributed by atoms with Crippen molar-refractivity contribution in [1.82, 2.24) is 15.1 Å². The number of hydrogen-bond acceptors (Lipinski definition) is 3. The van der Waals surface area contributed by atoms with E-state index in [1.165, 1.54) is 12.8 Å². The van der Waals surface area contributed by atoms with Gasteiger partial charge in [0.15, 0.2) is 0 Å². The summed E-state index contributed by atoms with van der Waals surface area (Å²) in [7, 11) is 0. The zero-order chi connectivity index (χ0) is 20.1. The molecule has 0 unspecified atom stereocenters.